The van der Waals surface area contributed by atoms with Crippen LogP contribution < -0.4 is 4.31 Å². The predicted octanol–water partition coefficient (Wildman–Crippen LogP) is 3.07. The zero-order chi connectivity index (χ0) is 15.6. The third-order valence-electron chi connectivity index (χ3n) is 3.27. The molecule has 112 valence electrons. The fourth-order valence-electron chi connectivity index (χ4n) is 2.05. The number of hydrogen-bond donors (Lipinski definition) is 1. The van der Waals surface area contributed by atoms with Crippen LogP contribution in [0.3, 0.4) is 0 Å². The maximum Gasteiger partial charge on any atom is 0.265 e. The van der Waals surface area contributed by atoms with Gasteiger partial charge in [-0.15, -0.1) is 0 Å². The van der Waals surface area contributed by atoms with E-state index >= 15 is 0 Å². The average molecular weight is 370 g/mol. The number of aryl methyl sites for hydroxylation is 1. The highest BCUT2D eigenvalue weighted by atomic mass is 79.9. The molecule has 0 amide bonds. The van der Waals surface area contributed by atoms with Gasteiger partial charge < -0.3 is 5.11 Å². The second kappa shape index (κ2) is 6.17. The second-order valence-electron chi connectivity index (χ2n) is 4.68. The third kappa shape index (κ3) is 3.12. The number of para-hydroxylation sites is 1. The van der Waals surface area contributed by atoms with Crippen molar-refractivity contribution in [3.63, 3.8) is 0 Å². The number of benzene rings is 2. The quantitative estimate of drug-likeness (QED) is 0.900. The summed E-state index contributed by atoms with van der Waals surface area (Å²) in [6.45, 7) is 1.73. The molecule has 0 spiro atoms. The molecular formula is C15H16BrNO3S. The summed E-state index contributed by atoms with van der Waals surface area (Å²) in [4.78, 5) is 0.172. The van der Waals surface area contributed by atoms with E-state index in [9.17, 15) is 8.42 Å². The maximum atomic E-state index is 12.7. The van der Waals surface area contributed by atoms with Crippen molar-refractivity contribution in [2.75, 3.05) is 11.4 Å². The fourth-order valence-corrected chi connectivity index (χ4v) is 4.39. The lowest BCUT2D eigenvalue weighted by molar-refractivity contribution is 0.281. The van der Waals surface area contributed by atoms with Gasteiger partial charge in [0.1, 0.15) is 4.90 Å². The first-order valence-corrected chi connectivity index (χ1v) is 8.55. The second-order valence-corrected chi connectivity index (χ2v) is 7.47. The molecule has 0 atom stereocenters. The Bertz CT molecular complexity index is 759. The lowest BCUT2D eigenvalue weighted by Crippen LogP contribution is -2.27. The van der Waals surface area contributed by atoms with Gasteiger partial charge in [-0.2, -0.15) is 0 Å². The zero-order valence-electron chi connectivity index (χ0n) is 11.7. The molecule has 0 unspecified atom stereocenters. The van der Waals surface area contributed by atoms with Crippen molar-refractivity contribution >= 4 is 31.6 Å². The van der Waals surface area contributed by atoms with Crippen LogP contribution in [-0.2, 0) is 16.6 Å². The highest BCUT2D eigenvalue weighted by molar-refractivity contribution is 9.10. The van der Waals surface area contributed by atoms with Gasteiger partial charge in [-0.3, -0.25) is 4.31 Å². The summed E-state index contributed by atoms with van der Waals surface area (Å²) in [5.74, 6) is 0. The summed E-state index contributed by atoms with van der Waals surface area (Å²) in [6.07, 6.45) is 0. The standard InChI is InChI=1S/C15H16BrNO3S/c1-11-5-3-4-6-14(11)17(2)21(19,20)15-8-7-12(10-18)9-13(15)16/h3-9,18H,10H2,1-2H3. The van der Waals surface area contributed by atoms with E-state index in [1.54, 1.807) is 24.3 Å². The molecule has 0 saturated carbocycles. The summed E-state index contributed by atoms with van der Waals surface area (Å²) in [5.41, 5.74) is 2.17. The number of rotatable bonds is 4. The van der Waals surface area contributed by atoms with Gasteiger partial charge >= 0.3 is 0 Å². The Labute approximate surface area is 133 Å². The molecule has 2 aromatic rings. The van der Waals surface area contributed by atoms with Gasteiger partial charge in [0.05, 0.1) is 12.3 Å². The van der Waals surface area contributed by atoms with Crippen LogP contribution in [0.5, 0.6) is 0 Å². The van der Waals surface area contributed by atoms with Gasteiger partial charge in [0.15, 0.2) is 0 Å². The van der Waals surface area contributed by atoms with Crippen LogP contribution in [0.1, 0.15) is 11.1 Å². The first-order chi connectivity index (χ1) is 9.87. The Balaban J connectivity index is 2.50. The fraction of sp³-hybridized carbons (Fsp3) is 0.200. The summed E-state index contributed by atoms with van der Waals surface area (Å²) in [6, 6.07) is 12.0. The van der Waals surface area contributed by atoms with Gasteiger partial charge in [-0.1, -0.05) is 24.3 Å². The number of sulfonamides is 1. The molecule has 6 heteroatoms. The number of halogens is 1. The largest absolute Gasteiger partial charge is 0.392 e. The normalized spacial score (nSPS) is 11.4. The monoisotopic (exact) mass is 369 g/mol. The van der Waals surface area contributed by atoms with Crippen molar-refractivity contribution in [2.24, 2.45) is 0 Å². The van der Waals surface area contributed by atoms with Crippen molar-refractivity contribution in [1.29, 1.82) is 0 Å². The molecule has 0 saturated heterocycles. The van der Waals surface area contributed by atoms with E-state index in [2.05, 4.69) is 15.9 Å². The van der Waals surface area contributed by atoms with E-state index in [1.165, 1.54) is 17.4 Å². The number of aliphatic hydroxyl groups excluding tert-OH is 1. The summed E-state index contributed by atoms with van der Waals surface area (Å²) in [7, 11) is -2.13. The highest BCUT2D eigenvalue weighted by Gasteiger charge is 2.24. The number of hydrogen-bond acceptors (Lipinski definition) is 3. The summed E-state index contributed by atoms with van der Waals surface area (Å²) >= 11 is 3.27. The lowest BCUT2D eigenvalue weighted by Gasteiger charge is -2.22. The maximum absolute atomic E-state index is 12.7. The van der Waals surface area contributed by atoms with Gasteiger partial charge in [0, 0.05) is 11.5 Å². The van der Waals surface area contributed by atoms with Crippen molar-refractivity contribution in [3.05, 3.63) is 58.1 Å². The molecule has 21 heavy (non-hydrogen) atoms. The van der Waals surface area contributed by atoms with Crippen molar-refractivity contribution in [3.8, 4) is 0 Å². The molecule has 0 aliphatic rings. The number of anilines is 1. The Kier molecular flexibility index (Phi) is 4.70. The Morgan fingerprint density at radius 3 is 2.43 bits per heavy atom. The molecule has 0 bridgehead atoms. The van der Waals surface area contributed by atoms with E-state index in [0.717, 1.165) is 5.56 Å². The van der Waals surface area contributed by atoms with Crippen LogP contribution in [0, 0.1) is 6.92 Å². The molecule has 0 aliphatic carbocycles. The van der Waals surface area contributed by atoms with E-state index in [0.29, 0.717) is 15.7 Å². The molecule has 0 aromatic heterocycles. The molecule has 0 fully saturated rings. The van der Waals surface area contributed by atoms with E-state index in [-0.39, 0.29) is 11.5 Å². The molecule has 0 aliphatic heterocycles. The number of aliphatic hydroxyl groups is 1. The van der Waals surface area contributed by atoms with Crippen LogP contribution in [0.25, 0.3) is 0 Å². The molecule has 2 aromatic carbocycles. The van der Waals surface area contributed by atoms with Gasteiger partial charge in [0.2, 0.25) is 0 Å². The average Bonchev–Trinajstić information content (AvgIpc) is 2.46. The molecule has 2 rings (SSSR count). The van der Waals surface area contributed by atoms with Crippen LogP contribution in [0.4, 0.5) is 5.69 Å². The summed E-state index contributed by atoms with van der Waals surface area (Å²) < 4.78 is 27.2. The Morgan fingerprint density at radius 2 is 1.86 bits per heavy atom. The van der Waals surface area contributed by atoms with Crippen LogP contribution in [0.15, 0.2) is 51.8 Å². The van der Waals surface area contributed by atoms with E-state index < -0.39 is 10.0 Å². The van der Waals surface area contributed by atoms with E-state index in [1.807, 2.05) is 19.1 Å². The predicted molar refractivity (Wildman–Crippen MR) is 86.8 cm³/mol. The van der Waals surface area contributed by atoms with Crippen molar-refractivity contribution in [1.82, 2.24) is 0 Å². The summed E-state index contributed by atoms with van der Waals surface area (Å²) in [5, 5.41) is 9.10. The third-order valence-corrected chi connectivity index (χ3v) is 6.02. The van der Waals surface area contributed by atoms with Gasteiger partial charge in [0.25, 0.3) is 10.0 Å². The van der Waals surface area contributed by atoms with Crippen molar-refractivity contribution < 1.29 is 13.5 Å². The lowest BCUT2D eigenvalue weighted by atomic mass is 10.2. The minimum Gasteiger partial charge on any atom is -0.392 e. The zero-order valence-corrected chi connectivity index (χ0v) is 14.1. The highest BCUT2D eigenvalue weighted by Crippen LogP contribution is 2.29. The molecular weight excluding hydrogens is 354 g/mol. The molecule has 1 N–H and O–H groups in total. The van der Waals surface area contributed by atoms with Gasteiger partial charge in [-0.05, 0) is 52.2 Å². The minimum absolute atomic E-state index is 0.132. The Morgan fingerprint density at radius 1 is 1.19 bits per heavy atom. The Hall–Kier alpha value is -1.37. The minimum atomic E-state index is -3.67. The molecule has 0 heterocycles. The smallest absolute Gasteiger partial charge is 0.265 e. The van der Waals surface area contributed by atoms with Crippen molar-refractivity contribution in [2.45, 2.75) is 18.4 Å². The SMILES string of the molecule is Cc1ccccc1N(C)S(=O)(=O)c1ccc(CO)cc1Br. The van der Waals surface area contributed by atoms with Crippen LogP contribution >= 0.6 is 15.9 Å². The van der Waals surface area contributed by atoms with Gasteiger partial charge in [-0.25, -0.2) is 8.42 Å². The van der Waals surface area contributed by atoms with Crippen LogP contribution in [-0.4, -0.2) is 20.6 Å². The first-order valence-electron chi connectivity index (χ1n) is 6.31. The number of nitrogens with zero attached hydrogens (tertiary/aromatic N) is 1. The first kappa shape index (κ1) is 16.0. The molecule has 0 radical (unpaired) electrons. The van der Waals surface area contributed by atoms with E-state index in [4.69, 9.17) is 5.11 Å². The molecule has 4 nitrogen and oxygen atoms in total. The topological polar surface area (TPSA) is 57.6 Å². The van der Waals surface area contributed by atoms with Crippen LogP contribution in [0.2, 0.25) is 0 Å².